The van der Waals surface area contributed by atoms with Gasteiger partial charge in [0, 0.05) is 17.1 Å². The van der Waals surface area contributed by atoms with E-state index in [4.69, 9.17) is 33.7 Å². The highest BCUT2D eigenvalue weighted by atomic mass is 35.5. The van der Waals surface area contributed by atoms with Crippen molar-refractivity contribution in [1.82, 2.24) is 0 Å². The van der Waals surface area contributed by atoms with Gasteiger partial charge in [-0.25, -0.2) is 0 Å². The van der Waals surface area contributed by atoms with Gasteiger partial charge in [-0.2, -0.15) is 0 Å². The van der Waals surface area contributed by atoms with Crippen LogP contribution in [-0.4, -0.2) is 6.61 Å². The molecule has 1 aromatic carbocycles. The van der Waals surface area contributed by atoms with E-state index in [1.807, 2.05) is 13.0 Å². The molecular weight excluding hydrogens is 293 g/mol. The molecule has 2 rings (SSSR count). The number of benzene rings is 1. The summed E-state index contributed by atoms with van der Waals surface area (Å²) >= 11 is 12.6. The predicted molar refractivity (Wildman–Crippen MR) is 85.6 cm³/mol. The van der Waals surface area contributed by atoms with E-state index in [0.29, 0.717) is 28.3 Å². The summed E-state index contributed by atoms with van der Waals surface area (Å²) in [7, 11) is 0. The fraction of sp³-hybridized carbons (Fsp3) is 0.625. The average Bonchev–Trinajstić information content (AvgIpc) is 2.73. The van der Waals surface area contributed by atoms with Crippen LogP contribution in [0.1, 0.15) is 46.2 Å². The van der Waals surface area contributed by atoms with E-state index >= 15 is 0 Å². The van der Waals surface area contributed by atoms with Crippen LogP contribution in [0.3, 0.4) is 0 Å². The zero-order valence-electron chi connectivity index (χ0n) is 12.8. The fourth-order valence-electron chi connectivity index (χ4n) is 3.39. The second-order valence-corrected chi connectivity index (χ2v) is 7.50. The monoisotopic (exact) mass is 315 g/mol. The van der Waals surface area contributed by atoms with E-state index in [1.54, 1.807) is 6.07 Å². The smallest absolute Gasteiger partial charge is 0.139 e. The number of ether oxygens (including phenoxy) is 1. The van der Waals surface area contributed by atoms with Gasteiger partial charge in [0.25, 0.3) is 0 Å². The summed E-state index contributed by atoms with van der Waals surface area (Å²) in [5.74, 6) is 1.01. The zero-order chi connectivity index (χ0) is 15.3. The van der Waals surface area contributed by atoms with Gasteiger partial charge in [0.15, 0.2) is 0 Å². The van der Waals surface area contributed by atoms with E-state index in [2.05, 4.69) is 27.7 Å². The van der Waals surface area contributed by atoms with Crippen LogP contribution in [0.25, 0.3) is 0 Å². The number of rotatable bonds is 4. The Morgan fingerprint density at radius 1 is 1.15 bits per heavy atom. The van der Waals surface area contributed by atoms with E-state index in [0.717, 1.165) is 5.56 Å². The van der Waals surface area contributed by atoms with Crippen LogP contribution in [-0.2, 0) is 0 Å². The normalized spacial score (nSPS) is 21.6. The molecule has 2 nitrogen and oxygen atoms in total. The molecule has 0 aromatic heterocycles. The van der Waals surface area contributed by atoms with E-state index < -0.39 is 0 Å². The Kier molecular flexibility index (Phi) is 4.05. The molecule has 0 radical (unpaired) electrons. The topological polar surface area (TPSA) is 35.2 Å². The molecule has 4 heteroatoms. The molecule has 0 bridgehead atoms. The maximum absolute atomic E-state index is 6.46. The van der Waals surface area contributed by atoms with Crippen molar-refractivity contribution in [2.75, 3.05) is 6.61 Å². The van der Waals surface area contributed by atoms with Gasteiger partial charge in [-0.3, -0.25) is 0 Å². The van der Waals surface area contributed by atoms with Crippen molar-refractivity contribution in [3.63, 3.8) is 0 Å². The van der Waals surface area contributed by atoms with E-state index in [1.165, 1.54) is 0 Å². The Balaban J connectivity index is 2.33. The maximum atomic E-state index is 6.46. The minimum absolute atomic E-state index is 0.110. The third kappa shape index (κ3) is 2.32. The van der Waals surface area contributed by atoms with Gasteiger partial charge >= 0.3 is 0 Å². The molecule has 0 heterocycles. The number of nitrogens with two attached hydrogens (primary N) is 1. The maximum Gasteiger partial charge on any atom is 0.139 e. The first-order valence-electron chi connectivity index (χ1n) is 7.02. The van der Waals surface area contributed by atoms with Crippen molar-refractivity contribution in [1.29, 1.82) is 0 Å². The van der Waals surface area contributed by atoms with Gasteiger partial charge in [-0.05, 0) is 35.3 Å². The lowest BCUT2D eigenvalue weighted by Crippen LogP contribution is -2.17. The molecule has 2 N–H and O–H groups in total. The summed E-state index contributed by atoms with van der Waals surface area (Å²) in [5, 5.41) is 1.20. The van der Waals surface area contributed by atoms with Gasteiger partial charge in [0.05, 0.1) is 11.6 Å². The summed E-state index contributed by atoms with van der Waals surface area (Å²) in [6.07, 6.45) is 0. The number of hydrogen-bond acceptors (Lipinski definition) is 2. The largest absolute Gasteiger partial charge is 0.492 e. The van der Waals surface area contributed by atoms with Crippen molar-refractivity contribution in [2.45, 2.75) is 40.7 Å². The molecule has 1 aliphatic rings. The summed E-state index contributed by atoms with van der Waals surface area (Å²) in [6.45, 7) is 11.5. The second kappa shape index (κ2) is 5.08. The molecule has 0 spiro atoms. The molecule has 0 saturated heterocycles. The second-order valence-electron chi connectivity index (χ2n) is 6.68. The van der Waals surface area contributed by atoms with Crippen LogP contribution in [0.15, 0.2) is 12.1 Å². The summed E-state index contributed by atoms with van der Waals surface area (Å²) in [6, 6.07) is 3.51. The van der Waals surface area contributed by atoms with Gasteiger partial charge < -0.3 is 10.5 Å². The van der Waals surface area contributed by atoms with Crippen molar-refractivity contribution >= 4 is 23.2 Å². The first-order chi connectivity index (χ1) is 9.14. The van der Waals surface area contributed by atoms with Crippen LogP contribution in [0.5, 0.6) is 5.75 Å². The predicted octanol–water partition coefficient (Wildman–Crippen LogP) is 5.07. The van der Waals surface area contributed by atoms with Crippen LogP contribution < -0.4 is 10.5 Å². The molecule has 112 valence electrons. The van der Waals surface area contributed by atoms with Crippen LogP contribution in [0.4, 0.5) is 0 Å². The van der Waals surface area contributed by atoms with Gasteiger partial charge in [-0.15, -0.1) is 0 Å². The standard InChI is InChI=1S/C16H23Cl2NO/c1-6-20-12-8-10(17)9(7-11(12)18)13(19)14-15(2,3)16(14,4)5/h7-8,13-14H,6,19H2,1-5H3. The molecule has 0 aliphatic heterocycles. The van der Waals surface area contributed by atoms with Gasteiger partial charge in [-0.1, -0.05) is 50.9 Å². The Hall–Kier alpha value is -0.440. The summed E-state index contributed by atoms with van der Waals surface area (Å²) in [5.41, 5.74) is 7.79. The Labute approximate surface area is 131 Å². The minimum atomic E-state index is -0.110. The fourth-order valence-corrected chi connectivity index (χ4v) is 3.90. The molecule has 0 amide bonds. The molecule has 1 saturated carbocycles. The van der Waals surface area contributed by atoms with Gasteiger partial charge in [0.1, 0.15) is 5.75 Å². The lowest BCUT2D eigenvalue weighted by Gasteiger charge is -2.18. The highest BCUT2D eigenvalue weighted by Crippen LogP contribution is 2.72. The summed E-state index contributed by atoms with van der Waals surface area (Å²) in [4.78, 5) is 0. The van der Waals surface area contributed by atoms with Crippen molar-refractivity contribution in [3.05, 3.63) is 27.7 Å². The van der Waals surface area contributed by atoms with Crippen molar-refractivity contribution in [3.8, 4) is 5.75 Å². The van der Waals surface area contributed by atoms with Gasteiger partial charge in [0.2, 0.25) is 0 Å². The minimum Gasteiger partial charge on any atom is -0.492 e. The molecule has 1 unspecified atom stereocenters. The number of halogens is 2. The lowest BCUT2D eigenvalue weighted by atomic mass is 9.97. The summed E-state index contributed by atoms with van der Waals surface area (Å²) < 4.78 is 5.45. The highest BCUT2D eigenvalue weighted by Gasteiger charge is 2.66. The van der Waals surface area contributed by atoms with Crippen LogP contribution in [0.2, 0.25) is 10.0 Å². The average molecular weight is 316 g/mol. The zero-order valence-corrected chi connectivity index (χ0v) is 14.3. The Morgan fingerprint density at radius 3 is 2.15 bits per heavy atom. The molecular formula is C16H23Cl2NO. The van der Waals surface area contributed by atoms with E-state index in [9.17, 15) is 0 Å². The van der Waals surface area contributed by atoms with Crippen molar-refractivity contribution in [2.24, 2.45) is 22.5 Å². The Morgan fingerprint density at radius 2 is 1.70 bits per heavy atom. The molecule has 1 aromatic rings. The lowest BCUT2D eigenvalue weighted by molar-refractivity contribution is 0.340. The Bertz CT molecular complexity index is 511. The quantitative estimate of drug-likeness (QED) is 0.841. The number of hydrogen-bond donors (Lipinski definition) is 1. The van der Waals surface area contributed by atoms with Crippen molar-refractivity contribution < 1.29 is 4.74 Å². The molecule has 1 atom stereocenters. The molecule has 1 fully saturated rings. The molecule has 1 aliphatic carbocycles. The highest BCUT2D eigenvalue weighted by molar-refractivity contribution is 6.34. The third-order valence-corrected chi connectivity index (χ3v) is 5.82. The van der Waals surface area contributed by atoms with Crippen LogP contribution in [0, 0.1) is 16.7 Å². The SMILES string of the molecule is CCOc1cc(Cl)c(C(N)C2C(C)(C)C2(C)C)cc1Cl. The van der Waals surface area contributed by atoms with E-state index in [-0.39, 0.29) is 16.9 Å². The molecule has 20 heavy (non-hydrogen) atoms. The third-order valence-electron chi connectivity index (χ3n) is 5.20. The first kappa shape index (κ1) is 15.9. The first-order valence-corrected chi connectivity index (χ1v) is 7.77. The van der Waals surface area contributed by atoms with Crippen LogP contribution >= 0.6 is 23.2 Å².